The van der Waals surface area contributed by atoms with Crippen LogP contribution in [0.25, 0.3) is 21.7 Å². The Labute approximate surface area is 217 Å². The molecule has 5 heteroatoms. The maximum absolute atomic E-state index is 14.2. The van der Waals surface area contributed by atoms with Gasteiger partial charge in [0, 0.05) is 23.4 Å². The highest BCUT2D eigenvalue weighted by Crippen LogP contribution is 2.48. The molecule has 4 nitrogen and oxygen atoms in total. The molecule has 5 aromatic rings. The van der Waals surface area contributed by atoms with Gasteiger partial charge in [0.05, 0.1) is 12.6 Å². The van der Waals surface area contributed by atoms with Crippen molar-refractivity contribution < 1.29 is 14.2 Å². The summed E-state index contributed by atoms with van der Waals surface area (Å²) in [5.74, 6) is -0.454. The molecule has 0 saturated carbocycles. The molecule has 0 bridgehead atoms. The van der Waals surface area contributed by atoms with Crippen LogP contribution in [0.2, 0.25) is 0 Å². The molecule has 1 aromatic heterocycles. The van der Waals surface area contributed by atoms with Crippen LogP contribution < -0.4 is 4.74 Å². The molecule has 0 saturated heterocycles. The van der Waals surface area contributed by atoms with Gasteiger partial charge >= 0.3 is 0 Å². The predicted octanol–water partition coefficient (Wildman–Crippen LogP) is 6.51. The van der Waals surface area contributed by atoms with Crippen LogP contribution in [-0.2, 0) is 5.60 Å². The first-order valence-corrected chi connectivity index (χ1v) is 12.4. The molecule has 4 aromatic carbocycles. The number of hydrogen-bond donors (Lipinski definition) is 1. The highest BCUT2D eigenvalue weighted by atomic mass is 19.1. The third-order valence-electron chi connectivity index (χ3n) is 7.08. The van der Waals surface area contributed by atoms with Gasteiger partial charge in [0.25, 0.3) is 0 Å². The molecule has 0 aliphatic rings. The Morgan fingerprint density at radius 2 is 1.62 bits per heavy atom. The highest BCUT2D eigenvalue weighted by molar-refractivity contribution is 5.87. The fourth-order valence-corrected chi connectivity index (χ4v) is 5.31. The summed E-state index contributed by atoms with van der Waals surface area (Å²) in [5.41, 5.74) is 1.77. The lowest BCUT2D eigenvalue weighted by molar-refractivity contribution is 0.00520. The van der Waals surface area contributed by atoms with E-state index in [0.717, 1.165) is 21.9 Å². The van der Waals surface area contributed by atoms with Crippen LogP contribution >= 0.6 is 0 Å². The van der Waals surface area contributed by atoms with Crippen LogP contribution in [0.4, 0.5) is 4.39 Å². The topological polar surface area (TPSA) is 45.6 Å². The molecule has 0 amide bonds. The van der Waals surface area contributed by atoms with E-state index >= 15 is 0 Å². The summed E-state index contributed by atoms with van der Waals surface area (Å²) in [6.07, 6.45) is 0.456. The minimum Gasteiger partial charge on any atom is -0.481 e. The average molecular weight is 495 g/mol. The van der Waals surface area contributed by atoms with E-state index in [1.165, 1.54) is 12.1 Å². The van der Waals surface area contributed by atoms with Gasteiger partial charge < -0.3 is 14.7 Å². The number of rotatable bonds is 8. The minimum absolute atomic E-state index is 0.335. The summed E-state index contributed by atoms with van der Waals surface area (Å²) in [7, 11) is 5.59. The largest absolute Gasteiger partial charge is 0.481 e. The Balaban J connectivity index is 1.84. The Morgan fingerprint density at radius 1 is 0.892 bits per heavy atom. The fraction of sp³-hybridized carbons (Fsp3) is 0.219. The molecule has 0 radical (unpaired) electrons. The molecule has 0 spiro atoms. The molecule has 2 unspecified atom stereocenters. The predicted molar refractivity (Wildman–Crippen MR) is 148 cm³/mol. The number of aliphatic hydroxyl groups is 1. The normalized spacial score (nSPS) is 14.1. The number of pyridine rings is 1. The number of benzene rings is 4. The summed E-state index contributed by atoms with van der Waals surface area (Å²) >= 11 is 0. The number of aromatic nitrogens is 1. The van der Waals surface area contributed by atoms with Gasteiger partial charge in [0.2, 0.25) is 5.88 Å². The minimum atomic E-state index is -1.33. The van der Waals surface area contributed by atoms with Gasteiger partial charge in [-0.15, -0.1) is 0 Å². The van der Waals surface area contributed by atoms with Gasteiger partial charge in [-0.1, -0.05) is 72.8 Å². The maximum Gasteiger partial charge on any atom is 0.217 e. The van der Waals surface area contributed by atoms with Crippen LogP contribution in [0.3, 0.4) is 0 Å². The number of fused-ring (bicyclic) bond motifs is 2. The lowest BCUT2D eigenvalue weighted by Gasteiger charge is -2.39. The Kier molecular flexibility index (Phi) is 6.92. The van der Waals surface area contributed by atoms with E-state index in [2.05, 4.69) is 23.1 Å². The van der Waals surface area contributed by atoms with Crippen molar-refractivity contribution in [1.29, 1.82) is 0 Å². The molecular formula is C32H31FN2O2. The highest BCUT2D eigenvalue weighted by Gasteiger charge is 2.43. The average Bonchev–Trinajstić information content (AvgIpc) is 2.92. The fourth-order valence-electron chi connectivity index (χ4n) is 5.31. The zero-order chi connectivity index (χ0) is 26.0. The second kappa shape index (κ2) is 10.3. The first-order valence-electron chi connectivity index (χ1n) is 12.4. The summed E-state index contributed by atoms with van der Waals surface area (Å²) in [4.78, 5) is 6.81. The maximum atomic E-state index is 14.2. The number of nitrogens with zero attached hydrogens (tertiary/aromatic N) is 2. The molecule has 1 heterocycles. The van der Waals surface area contributed by atoms with Crippen LogP contribution in [0.1, 0.15) is 29.0 Å². The van der Waals surface area contributed by atoms with Crippen molar-refractivity contribution >= 4 is 21.7 Å². The monoisotopic (exact) mass is 494 g/mol. The lowest BCUT2D eigenvalue weighted by Crippen LogP contribution is -2.38. The number of halogens is 1. The Morgan fingerprint density at radius 3 is 2.38 bits per heavy atom. The van der Waals surface area contributed by atoms with Gasteiger partial charge in [-0.2, -0.15) is 0 Å². The Hall–Kier alpha value is -3.80. The van der Waals surface area contributed by atoms with E-state index in [4.69, 9.17) is 9.72 Å². The van der Waals surface area contributed by atoms with E-state index in [-0.39, 0.29) is 5.82 Å². The van der Waals surface area contributed by atoms with Crippen molar-refractivity contribution in [3.63, 3.8) is 0 Å². The van der Waals surface area contributed by atoms with Crippen molar-refractivity contribution in [1.82, 2.24) is 9.88 Å². The van der Waals surface area contributed by atoms with Crippen molar-refractivity contribution in [2.45, 2.75) is 17.9 Å². The van der Waals surface area contributed by atoms with Crippen molar-refractivity contribution in [2.24, 2.45) is 0 Å². The van der Waals surface area contributed by atoms with Crippen molar-refractivity contribution in [3.05, 3.63) is 120 Å². The van der Waals surface area contributed by atoms with Crippen LogP contribution in [-0.4, -0.2) is 42.7 Å². The summed E-state index contributed by atoms with van der Waals surface area (Å²) in [6, 6.07) is 30.5. The third kappa shape index (κ3) is 4.80. The van der Waals surface area contributed by atoms with Gasteiger partial charge in [-0.25, -0.2) is 9.37 Å². The van der Waals surface area contributed by atoms with E-state index in [1.807, 2.05) is 74.8 Å². The zero-order valence-electron chi connectivity index (χ0n) is 21.4. The van der Waals surface area contributed by atoms with Crippen molar-refractivity contribution in [2.75, 3.05) is 27.7 Å². The molecule has 5 rings (SSSR count). The number of hydrogen-bond acceptors (Lipinski definition) is 4. The standard InChI is InChI=1S/C32H31FN2O2/c1-35(2)19-18-32(36,28-15-9-13-22-10-7-8-14-26(22)28)30(23-11-5-4-6-12-23)27-21-24-20-25(33)16-17-29(24)34-31(27)37-3/h4-17,20-21,30,36H,18-19H2,1-3H3. The summed E-state index contributed by atoms with van der Waals surface area (Å²) in [6.45, 7) is 0.654. The van der Waals surface area contributed by atoms with Gasteiger partial charge in [0.15, 0.2) is 0 Å². The molecule has 1 N–H and O–H groups in total. The molecular weight excluding hydrogens is 463 g/mol. The smallest absolute Gasteiger partial charge is 0.217 e. The van der Waals surface area contributed by atoms with Gasteiger partial charge in [0.1, 0.15) is 11.4 Å². The van der Waals surface area contributed by atoms with Gasteiger partial charge in [-0.05, 0) is 66.7 Å². The first-order chi connectivity index (χ1) is 17.9. The molecule has 37 heavy (non-hydrogen) atoms. The molecule has 188 valence electrons. The van der Waals surface area contributed by atoms with Crippen LogP contribution in [0.15, 0.2) is 97.1 Å². The Bertz CT molecular complexity index is 1530. The molecule has 2 atom stereocenters. The SMILES string of the molecule is COc1nc2ccc(F)cc2cc1C(c1ccccc1)C(O)(CCN(C)C)c1cccc2ccccc12. The molecule has 0 fully saturated rings. The van der Waals surface area contributed by atoms with E-state index in [9.17, 15) is 9.50 Å². The lowest BCUT2D eigenvalue weighted by atomic mass is 9.70. The summed E-state index contributed by atoms with van der Waals surface area (Å²) in [5, 5.41) is 15.7. The van der Waals surface area contributed by atoms with Crippen LogP contribution in [0, 0.1) is 5.82 Å². The van der Waals surface area contributed by atoms with E-state index < -0.39 is 11.5 Å². The second-order valence-electron chi connectivity index (χ2n) is 9.77. The van der Waals surface area contributed by atoms with E-state index in [1.54, 1.807) is 13.2 Å². The summed E-state index contributed by atoms with van der Waals surface area (Å²) < 4.78 is 20.0. The number of ether oxygens (including phenoxy) is 1. The molecule has 0 aliphatic heterocycles. The number of methoxy groups -OCH3 is 1. The second-order valence-corrected chi connectivity index (χ2v) is 9.77. The zero-order valence-corrected chi connectivity index (χ0v) is 21.4. The first kappa shape index (κ1) is 24.9. The quantitative estimate of drug-likeness (QED) is 0.267. The molecule has 0 aliphatic carbocycles. The third-order valence-corrected chi connectivity index (χ3v) is 7.08. The van der Waals surface area contributed by atoms with Crippen LogP contribution in [0.5, 0.6) is 5.88 Å². The van der Waals surface area contributed by atoms with E-state index in [0.29, 0.717) is 35.3 Å². The van der Waals surface area contributed by atoms with Crippen molar-refractivity contribution in [3.8, 4) is 5.88 Å². The van der Waals surface area contributed by atoms with Gasteiger partial charge in [-0.3, -0.25) is 0 Å².